The van der Waals surface area contributed by atoms with Crippen LogP contribution < -0.4 is 0 Å². The van der Waals surface area contributed by atoms with Gasteiger partial charge in [0.05, 0.1) is 12.4 Å². The number of nitrogens with zero attached hydrogens (tertiary/aromatic N) is 7. The van der Waals surface area contributed by atoms with Gasteiger partial charge < -0.3 is 9.30 Å². The maximum Gasteiger partial charge on any atom is 0.191 e. The lowest BCUT2D eigenvalue weighted by Crippen LogP contribution is -2.07. The summed E-state index contributed by atoms with van der Waals surface area (Å²) >= 11 is 1.58. The summed E-state index contributed by atoms with van der Waals surface area (Å²) in [6.45, 7) is 4.39. The van der Waals surface area contributed by atoms with Crippen molar-refractivity contribution in [3.8, 4) is 0 Å². The zero-order valence-electron chi connectivity index (χ0n) is 11.8. The Morgan fingerprint density at radius 3 is 3.00 bits per heavy atom. The minimum atomic E-state index is 0.639. The first kappa shape index (κ1) is 14.9. The van der Waals surface area contributed by atoms with Gasteiger partial charge in [-0.3, -0.25) is 0 Å². The number of tetrazole rings is 1. The van der Waals surface area contributed by atoms with Gasteiger partial charge in [-0.15, -0.1) is 15.3 Å². The van der Waals surface area contributed by atoms with Gasteiger partial charge in [0.2, 0.25) is 0 Å². The van der Waals surface area contributed by atoms with Gasteiger partial charge in [-0.2, -0.15) is 0 Å². The molecule has 2 aromatic heterocycles. The third kappa shape index (κ3) is 4.01. The van der Waals surface area contributed by atoms with E-state index in [-0.39, 0.29) is 0 Å². The zero-order valence-corrected chi connectivity index (χ0v) is 12.6. The van der Waals surface area contributed by atoms with Crippen LogP contribution in [0.3, 0.4) is 0 Å². The summed E-state index contributed by atoms with van der Waals surface area (Å²) in [4.78, 5) is 0. The van der Waals surface area contributed by atoms with E-state index in [2.05, 4.69) is 32.6 Å². The van der Waals surface area contributed by atoms with Crippen molar-refractivity contribution in [3.63, 3.8) is 0 Å². The predicted molar refractivity (Wildman–Crippen MR) is 74.2 cm³/mol. The number of aryl methyl sites for hydroxylation is 1. The van der Waals surface area contributed by atoms with Crippen molar-refractivity contribution in [1.82, 2.24) is 35.0 Å². The molecule has 0 aromatic carbocycles. The average Bonchev–Trinajstić information content (AvgIpc) is 3.09. The van der Waals surface area contributed by atoms with Crippen LogP contribution in [0.15, 0.2) is 11.5 Å². The average molecular weight is 297 g/mol. The molecule has 20 heavy (non-hydrogen) atoms. The molecule has 0 atom stereocenters. The minimum Gasteiger partial charge on any atom is -0.383 e. The van der Waals surface area contributed by atoms with Gasteiger partial charge >= 0.3 is 0 Å². The molecule has 110 valence electrons. The minimum absolute atomic E-state index is 0.639. The number of rotatable bonds is 9. The molecule has 2 aromatic rings. The number of aromatic nitrogens is 7. The van der Waals surface area contributed by atoms with Crippen molar-refractivity contribution >= 4 is 11.8 Å². The highest BCUT2D eigenvalue weighted by atomic mass is 32.2. The van der Waals surface area contributed by atoms with Crippen LogP contribution in [0.1, 0.15) is 25.6 Å². The Hall–Kier alpha value is -1.48. The Morgan fingerprint density at radius 2 is 2.20 bits per heavy atom. The van der Waals surface area contributed by atoms with Gasteiger partial charge in [0.25, 0.3) is 0 Å². The number of unbranched alkanes of at least 4 members (excludes halogenated alkanes) is 1. The van der Waals surface area contributed by atoms with Crippen molar-refractivity contribution in [3.05, 3.63) is 12.2 Å². The topological polar surface area (TPSA) is 83.5 Å². The molecule has 0 aliphatic carbocycles. The van der Waals surface area contributed by atoms with E-state index in [4.69, 9.17) is 4.74 Å². The van der Waals surface area contributed by atoms with E-state index in [9.17, 15) is 0 Å². The summed E-state index contributed by atoms with van der Waals surface area (Å²) in [6, 6.07) is 0. The standard InChI is InChI=1S/C11H19N7OS/c1-3-4-5-18-10(13-15-16-18)8-20-11-14-12-9-17(11)6-7-19-2/h9H,3-8H2,1-2H3. The second-order valence-corrected chi connectivity index (χ2v) is 5.20. The molecule has 0 bridgehead atoms. The molecular weight excluding hydrogens is 278 g/mol. The van der Waals surface area contributed by atoms with Crippen molar-refractivity contribution in [2.24, 2.45) is 0 Å². The summed E-state index contributed by atoms with van der Waals surface area (Å²) in [7, 11) is 1.68. The van der Waals surface area contributed by atoms with Gasteiger partial charge in [0, 0.05) is 20.2 Å². The molecule has 0 amide bonds. The molecule has 0 saturated carbocycles. The molecule has 8 nitrogen and oxygen atoms in total. The largest absolute Gasteiger partial charge is 0.383 e. The number of methoxy groups -OCH3 is 1. The van der Waals surface area contributed by atoms with E-state index in [0.29, 0.717) is 12.4 Å². The molecule has 0 saturated heterocycles. The Labute approximate surface area is 121 Å². The highest BCUT2D eigenvalue weighted by Crippen LogP contribution is 2.19. The lowest BCUT2D eigenvalue weighted by Gasteiger charge is -2.05. The van der Waals surface area contributed by atoms with Crippen molar-refractivity contribution in [2.75, 3.05) is 13.7 Å². The second-order valence-electron chi connectivity index (χ2n) is 4.26. The van der Waals surface area contributed by atoms with Gasteiger partial charge in [-0.1, -0.05) is 25.1 Å². The zero-order chi connectivity index (χ0) is 14.2. The Kier molecular flexibility index (Phi) is 5.93. The van der Waals surface area contributed by atoms with E-state index in [1.807, 2.05) is 9.25 Å². The normalized spacial score (nSPS) is 11.1. The number of ether oxygens (including phenoxy) is 1. The molecule has 0 unspecified atom stereocenters. The highest BCUT2D eigenvalue weighted by molar-refractivity contribution is 7.98. The summed E-state index contributed by atoms with van der Waals surface area (Å²) in [5.41, 5.74) is 0. The van der Waals surface area contributed by atoms with Crippen LogP contribution in [0.25, 0.3) is 0 Å². The van der Waals surface area contributed by atoms with Crippen LogP contribution in [0.5, 0.6) is 0 Å². The van der Waals surface area contributed by atoms with E-state index < -0.39 is 0 Å². The molecule has 0 radical (unpaired) electrons. The Bertz CT molecular complexity index is 466. The molecule has 0 aliphatic heterocycles. The third-order valence-electron chi connectivity index (χ3n) is 2.78. The van der Waals surface area contributed by atoms with E-state index >= 15 is 0 Å². The first-order chi connectivity index (χ1) is 9.85. The summed E-state index contributed by atoms with van der Waals surface area (Å²) in [5.74, 6) is 1.55. The quantitative estimate of drug-likeness (QED) is 0.638. The Morgan fingerprint density at radius 1 is 1.30 bits per heavy atom. The Balaban J connectivity index is 1.92. The fraction of sp³-hybridized carbons (Fsp3) is 0.727. The van der Waals surface area contributed by atoms with Gasteiger partial charge in [-0.25, -0.2) is 4.68 Å². The van der Waals surface area contributed by atoms with Crippen LogP contribution in [-0.4, -0.2) is 48.7 Å². The van der Waals surface area contributed by atoms with E-state index in [1.165, 1.54) is 0 Å². The summed E-state index contributed by atoms with van der Waals surface area (Å²) in [6.07, 6.45) is 3.91. The lowest BCUT2D eigenvalue weighted by molar-refractivity contribution is 0.184. The second kappa shape index (κ2) is 7.95. The van der Waals surface area contributed by atoms with Gasteiger partial charge in [-0.05, 0) is 16.8 Å². The first-order valence-corrected chi connectivity index (χ1v) is 7.58. The van der Waals surface area contributed by atoms with E-state index in [0.717, 1.165) is 36.9 Å². The molecule has 9 heteroatoms. The predicted octanol–water partition coefficient (Wildman–Crippen LogP) is 1.00. The molecular formula is C11H19N7OS. The van der Waals surface area contributed by atoms with Crippen LogP contribution in [0.4, 0.5) is 0 Å². The maximum atomic E-state index is 5.06. The van der Waals surface area contributed by atoms with Crippen LogP contribution in [-0.2, 0) is 23.6 Å². The molecule has 2 rings (SSSR count). The monoisotopic (exact) mass is 297 g/mol. The molecule has 0 aliphatic rings. The van der Waals surface area contributed by atoms with E-state index in [1.54, 1.807) is 25.2 Å². The van der Waals surface area contributed by atoms with Gasteiger partial charge in [0.15, 0.2) is 11.0 Å². The van der Waals surface area contributed by atoms with Crippen LogP contribution in [0.2, 0.25) is 0 Å². The number of hydrogen-bond acceptors (Lipinski definition) is 7. The highest BCUT2D eigenvalue weighted by Gasteiger charge is 2.10. The van der Waals surface area contributed by atoms with Crippen molar-refractivity contribution in [2.45, 2.75) is 43.8 Å². The lowest BCUT2D eigenvalue weighted by atomic mass is 10.3. The van der Waals surface area contributed by atoms with Crippen molar-refractivity contribution < 1.29 is 4.74 Å². The van der Waals surface area contributed by atoms with Crippen LogP contribution in [0, 0.1) is 0 Å². The van der Waals surface area contributed by atoms with Gasteiger partial charge in [0.1, 0.15) is 6.33 Å². The molecule has 0 fully saturated rings. The smallest absolute Gasteiger partial charge is 0.191 e. The molecule has 2 heterocycles. The SMILES string of the molecule is CCCCn1nnnc1CSc1nncn1CCOC. The fourth-order valence-electron chi connectivity index (χ4n) is 1.64. The number of thioether (sulfide) groups is 1. The first-order valence-electron chi connectivity index (χ1n) is 6.59. The number of hydrogen-bond donors (Lipinski definition) is 0. The molecule has 0 N–H and O–H groups in total. The summed E-state index contributed by atoms with van der Waals surface area (Å²) < 4.78 is 8.88. The molecule has 0 spiro atoms. The fourth-order valence-corrected chi connectivity index (χ4v) is 2.51. The maximum absolute atomic E-state index is 5.06. The van der Waals surface area contributed by atoms with Crippen molar-refractivity contribution in [1.29, 1.82) is 0 Å². The third-order valence-corrected chi connectivity index (χ3v) is 3.75. The van der Waals surface area contributed by atoms with Crippen LogP contribution >= 0.6 is 11.8 Å². The summed E-state index contributed by atoms with van der Waals surface area (Å²) in [5, 5.41) is 20.7.